The van der Waals surface area contributed by atoms with E-state index in [1.54, 1.807) is 63.2 Å². The number of carbonyl (C=O) groups excluding carboxylic acids is 2. The predicted molar refractivity (Wildman–Crippen MR) is 103 cm³/mol. The molecule has 0 aliphatic heterocycles. The van der Waals surface area contributed by atoms with Crippen molar-refractivity contribution in [2.45, 2.75) is 38.8 Å². The fourth-order valence-corrected chi connectivity index (χ4v) is 2.40. The van der Waals surface area contributed by atoms with Gasteiger partial charge in [-0.25, -0.2) is 9.18 Å². The van der Waals surface area contributed by atoms with Gasteiger partial charge in [0.2, 0.25) is 0 Å². The number of ketones is 1. The highest BCUT2D eigenvalue weighted by Crippen LogP contribution is 2.10. The molecule has 0 aliphatic carbocycles. The molecule has 0 aliphatic rings. The molecule has 27 heavy (non-hydrogen) atoms. The number of allylic oxidation sites excluding steroid dienone is 1. The van der Waals surface area contributed by atoms with Crippen molar-refractivity contribution >= 4 is 11.9 Å². The lowest BCUT2D eigenvalue weighted by Gasteiger charge is -2.22. The summed E-state index contributed by atoms with van der Waals surface area (Å²) in [6, 6.07) is 14.4. The van der Waals surface area contributed by atoms with Crippen LogP contribution in [-0.4, -0.2) is 23.5 Å². The summed E-state index contributed by atoms with van der Waals surface area (Å²) in [6.07, 6.45) is 2.88. The fourth-order valence-electron chi connectivity index (χ4n) is 2.40. The largest absolute Gasteiger partial charge is 0.444 e. The van der Waals surface area contributed by atoms with Crippen LogP contribution in [-0.2, 0) is 11.2 Å². The van der Waals surface area contributed by atoms with Crippen LogP contribution >= 0.6 is 0 Å². The van der Waals surface area contributed by atoms with Crippen LogP contribution in [0.3, 0.4) is 0 Å². The quantitative estimate of drug-likeness (QED) is 0.593. The Morgan fingerprint density at radius 2 is 1.70 bits per heavy atom. The van der Waals surface area contributed by atoms with Crippen LogP contribution in [0.4, 0.5) is 9.18 Å². The molecule has 4 nitrogen and oxygen atoms in total. The average molecular weight is 369 g/mol. The van der Waals surface area contributed by atoms with E-state index < -0.39 is 17.7 Å². The maximum absolute atomic E-state index is 13.1. The molecule has 0 saturated heterocycles. The van der Waals surface area contributed by atoms with E-state index in [1.165, 1.54) is 18.2 Å². The van der Waals surface area contributed by atoms with Crippen LogP contribution in [0, 0.1) is 5.82 Å². The molecule has 0 saturated carbocycles. The molecule has 5 heteroatoms. The third kappa shape index (κ3) is 7.44. The second-order valence-electron chi connectivity index (χ2n) is 7.17. The summed E-state index contributed by atoms with van der Waals surface area (Å²) in [5.41, 5.74) is 0.759. The minimum absolute atomic E-state index is 0.161. The molecular weight excluding hydrogens is 345 g/mol. The highest BCUT2D eigenvalue weighted by atomic mass is 19.1. The van der Waals surface area contributed by atoms with Gasteiger partial charge in [-0.1, -0.05) is 48.5 Å². The number of ether oxygens (including phenoxy) is 1. The molecule has 0 fully saturated rings. The summed E-state index contributed by atoms with van der Waals surface area (Å²) >= 11 is 0. The number of amides is 1. The van der Waals surface area contributed by atoms with Gasteiger partial charge in [0.15, 0.2) is 5.78 Å². The summed E-state index contributed by atoms with van der Waals surface area (Å²) in [6.45, 7) is 5.32. The maximum atomic E-state index is 13.1. The minimum Gasteiger partial charge on any atom is -0.444 e. The monoisotopic (exact) mass is 369 g/mol. The molecular formula is C22H24FNO3. The predicted octanol–water partition coefficient (Wildman–Crippen LogP) is 4.70. The van der Waals surface area contributed by atoms with Crippen molar-refractivity contribution in [2.24, 2.45) is 0 Å². The first kappa shape index (κ1) is 20.4. The number of hydrogen-bond acceptors (Lipinski definition) is 3. The molecule has 2 rings (SSSR count). The summed E-state index contributed by atoms with van der Waals surface area (Å²) in [5, 5.41) is 2.75. The Hall–Kier alpha value is -2.95. The van der Waals surface area contributed by atoms with Gasteiger partial charge in [-0.15, -0.1) is 0 Å². The van der Waals surface area contributed by atoms with Crippen LogP contribution in [0.1, 0.15) is 36.7 Å². The minimum atomic E-state index is -0.631. The van der Waals surface area contributed by atoms with Crippen molar-refractivity contribution in [2.75, 3.05) is 0 Å². The van der Waals surface area contributed by atoms with Gasteiger partial charge in [0.25, 0.3) is 0 Å². The van der Waals surface area contributed by atoms with Crippen LogP contribution in [0.2, 0.25) is 0 Å². The van der Waals surface area contributed by atoms with Crippen LogP contribution < -0.4 is 5.32 Å². The second-order valence-corrected chi connectivity index (χ2v) is 7.17. The van der Waals surface area contributed by atoms with Crippen LogP contribution in [0.5, 0.6) is 0 Å². The van der Waals surface area contributed by atoms with E-state index >= 15 is 0 Å². The Morgan fingerprint density at radius 1 is 1.07 bits per heavy atom. The third-order valence-corrected chi connectivity index (χ3v) is 3.61. The summed E-state index contributed by atoms with van der Waals surface area (Å²) in [4.78, 5) is 24.4. The lowest BCUT2D eigenvalue weighted by molar-refractivity contribution is 0.0514. The zero-order valence-corrected chi connectivity index (χ0v) is 15.7. The van der Waals surface area contributed by atoms with Crippen LogP contribution in [0.15, 0.2) is 66.7 Å². The molecule has 1 N–H and O–H groups in total. The Labute approximate surface area is 159 Å². The second kappa shape index (κ2) is 9.12. The van der Waals surface area contributed by atoms with E-state index in [9.17, 15) is 14.0 Å². The normalized spacial score (nSPS) is 12.6. The number of halogens is 1. The van der Waals surface area contributed by atoms with Crippen molar-refractivity contribution in [3.05, 3.63) is 83.7 Å². The van der Waals surface area contributed by atoms with Gasteiger partial charge in [-0.05, 0) is 51.0 Å². The van der Waals surface area contributed by atoms with Gasteiger partial charge < -0.3 is 10.1 Å². The Balaban J connectivity index is 2.12. The van der Waals surface area contributed by atoms with E-state index in [0.29, 0.717) is 12.0 Å². The standard InChI is InChI=1S/C22H24FNO3/c1-22(2,3)27-21(26)24-19(15-16-9-11-18(23)12-10-16)13-14-20(25)17-7-5-4-6-8-17/h4-14,19H,15H2,1-3H3,(H,24,26)/b14-13+. The van der Waals surface area contributed by atoms with Crippen molar-refractivity contribution in [3.63, 3.8) is 0 Å². The molecule has 0 spiro atoms. The SMILES string of the molecule is CC(C)(C)OC(=O)NC(/C=C/C(=O)c1ccccc1)Cc1ccc(F)cc1. The van der Waals surface area contributed by atoms with E-state index in [2.05, 4.69) is 5.32 Å². The van der Waals surface area contributed by atoms with Gasteiger partial charge in [-0.3, -0.25) is 4.79 Å². The molecule has 1 unspecified atom stereocenters. The van der Waals surface area contributed by atoms with E-state index in [0.717, 1.165) is 5.56 Å². The molecule has 0 heterocycles. The number of alkyl carbamates (subject to hydrolysis) is 1. The third-order valence-electron chi connectivity index (χ3n) is 3.61. The number of rotatable bonds is 6. The first-order valence-electron chi connectivity index (χ1n) is 8.74. The fraction of sp³-hybridized carbons (Fsp3) is 0.273. The van der Waals surface area contributed by atoms with E-state index in [1.807, 2.05) is 6.07 Å². The molecule has 142 valence electrons. The van der Waals surface area contributed by atoms with E-state index in [-0.39, 0.29) is 11.6 Å². The molecule has 0 bridgehead atoms. The zero-order valence-electron chi connectivity index (χ0n) is 15.7. The number of nitrogens with one attached hydrogen (secondary N) is 1. The van der Waals surface area contributed by atoms with Gasteiger partial charge in [0.1, 0.15) is 11.4 Å². The maximum Gasteiger partial charge on any atom is 0.408 e. The van der Waals surface area contributed by atoms with Gasteiger partial charge >= 0.3 is 6.09 Å². The van der Waals surface area contributed by atoms with E-state index in [4.69, 9.17) is 4.74 Å². The summed E-state index contributed by atoms with van der Waals surface area (Å²) in [5.74, 6) is -0.490. The highest BCUT2D eigenvalue weighted by Gasteiger charge is 2.19. The lowest BCUT2D eigenvalue weighted by atomic mass is 10.0. The molecule has 1 atom stereocenters. The summed E-state index contributed by atoms with van der Waals surface area (Å²) in [7, 11) is 0. The van der Waals surface area contributed by atoms with Crippen molar-refractivity contribution < 1.29 is 18.7 Å². The van der Waals surface area contributed by atoms with Crippen molar-refractivity contribution in [1.82, 2.24) is 5.32 Å². The molecule has 2 aromatic rings. The van der Waals surface area contributed by atoms with Gasteiger partial charge in [-0.2, -0.15) is 0 Å². The molecule has 0 radical (unpaired) electrons. The van der Waals surface area contributed by atoms with Gasteiger partial charge in [0, 0.05) is 5.56 Å². The molecule has 0 aromatic heterocycles. The van der Waals surface area contributed by atoms with Crippen molar-refractivity contribution in [3.8, 4) is 0 Å². The first-order chi connectivity index (χ1) is 12.7. The number of carbonyl (C=O) groups is 2. The smallest absolute Gasteiger partial charge is 0.408 e. The molecule has 2 aromatic carbocycles. The molecule has 1 amide bonds. The zero-order chi connectivity index (χ0) is 19.9. The lowest BCUT2D eigenvalue weighted by Crippen LogP contribution is -2.39. The average Bonchev–Trinajstić information content (AvgIpc) is 2.60. The number of benzene rings is 2. The van der Waals surface area contributed by atoms with Crippen molar-refractivity contribution in [1.29, 1.82) is 0 Å². The summed E-state index contributed by atoms with van der Waals surface area (Å²) < 4.78 is 18.4. The topological polar surface area (TPSA) is 55.4 Å². The Morgan fingerprint density at radius 3 is 2.30 bits per heavy atom. The Bertz CT molecular complexity index is 793. The highest BCUT2D eigenvalue weighted by molar-refractivity contribution is 6.04. The van der Waals surface area contributed by atoms with Crippen LogP contribution in [0.25, 0.3) is 0 Å². The first-order valence-corrected chi connectivity index (χ1v) is 8.74. The number of hydrogen-bond donors (Lipinski definition) is 1. The Kier molecular flexibility index (Phi) is 6.88. The van der Waals surface area contributed by atoms with Gasteiger partial charge in [0.05, 0.1) is 6.04 Å².